The van der Waals surface area contributed by atoms with Crippen molar-refractivity contribution in [1.29, 1.82) is 0 Å². The van der Waals surface area contributed by atoms with Gasteiger partial charge in [0, 0.05) is 34.2 Å². The van der Waals surface area contributed by atoms with Crippen molar-refractivity contribution in [2.45, 2.75) is 32.1 Å². The van der Waals surface area contributed by atoms with Crippen LogP contribution in [0.5, 0.6) is 5.75 Å². The number of nitrogens with zero attached hydrogens (tertiary/aromatic N) is 1. The van der Waals surface area contributed by atoms with Crippen LogP contribution in [0.2, 0.25) is 5.02 Å². The third kappa shape index (κ3) is 5.42. The van der Waals surface area contributed by atoms with Gasteiger partial charge >= 0.3 is 5.97 Å². The van der Waals surface area contributed by atoms with Gasteiger partial charge in [0.05, 0.1) is 16.6 Å². The second-order valence-corrected chi connectivity index (χ2v) is 9.95. The van der Waals surface area contributed by atoms with E-state index in [0.29, 0.717) is 50.6 Å². The second-order valence-electron chi connectivity index (χ2n) is 9.54. The highest BCUT2D eigenvalue weighted by molar-refractivity contribution is 6.34. The quantitative estimate of drug-likeness (QED) is 0.164. The molecular formula is C32H27ClN2O4. The topological polar surface area (TPSA) is 103 Å². The maximum absolute atomic E-state index is 13.4. The molecule has 1 atom stereocenters. The highest BCUT2D eigenvalue weighted by atomic mass is 35.5. The molecule has 0 aliphatic carbocycles. The molecule has 0 saturated carbocycles. The molecule has 1 heterocycles. The fraction of sp³-hybridized carbons (Fsp3) is 0.156. The minimum Gasteiger partial charge on any atom is -0.508 e. The number of aromatic hydroxyl groups is 1. The summed E-state index contributed by atoms with van der Waals surface area (Å²) in [5.41, 5.74) is 4.19. The van der Waals surface area contributed by atoms with Gasteiger partial charge in [-0.2, -0.15) is 0 Å². The molecule has 4 aromatic carbocycles. The number of carbonyl (C=O) groups excluding carboxylic acids is 1. The van der Waals surface area contributed by atoms with Crippen molar-refractivity contribution in [2.75, 3.05) is 0 Å². The van der Waals surface area contributed by atoms with Gasteiger partial charge in [0.2, 0.25) is 0 Å². The number of aromatic amines is 1. The lowest BCUT2D eigenvalue weighted by atomic mass is 9.87. The van der Waals surface area contributed by atoms with E-state index in [1.54, 1.807) is 48.5 Å². The zero-order valence-corrected chi connectivity index (χ0v) is 22.1. The molecule has 0 aliphatic rings. The van der Waals surface area contributed by atoms with Crippen LogP contribution in [0.1, 0.15) is 58.4 Å². The van der Waals surface area contributed by atoms with Gasteiger partial charge in [-0.15, -0.1) is 0 Å². The molecule has 0 spiro atoms. The zero-order chi connectivity index (χ0) is 27.5. The first-order chi connectivity index (χ1) is 18.9. The number of H-pyrrole nitrogens is 1. The number of phenols is 1. The summed E-state index contributed by atoms with van der Waals surface area (Å²) < 4.78 is 0. The van der Waals surface area contributed by atoms with Crippen molar-refractivity contribution < 1.29 is 19.8 Å². The zero-order valence-electron chi connectivity index (χ0n) is 21.3. The lowest BCUT2D eigenvalue weighted by molar-refractivity contribution is 0.0697. The Kier molecular flexibility index (Phi) is 7.48. The van der Waals surface area contributed by atoms with Gasteiger partial charge in [0.1, 0.15) is 11.6 Å². The number of phenolic OH excluding ortho intramolecular Hbond substituents is 1. The number of carbonyl (C=O) groups is 2. The summed E-state index contributed by atoms with van der Waals surface area (Å²) in [5.74, 6) is -0.629. The fourth-order valence-electron chi connectivity index (χ4n) is 5.03. The summed E-state index contributed by atoms with van der Waals surface area (Å²) in [6, 6.07) is 24.8. The number of hydrogen-bond donors (Lipinski definition) is 3. The SMILES string of the molecule is CCC[C@@H](CC(=O)c1ccc(-c2c(Cl)cccc2-c2nc3ccc(O)cc3[nH]2)c(C(=O)O)c1)c1ccccc1. The van der Waals surface area contributed by atoms with E-state index < -0.39 is 5.97 Å². The number of aromatic nitrogens is 2. The third-order valence-electron chi connectivity index (χ3n) is 6.92. The largest absolute Gasteiger partial charge is 0.508 e. The van der Waals surface area contributed by atoms with E-state index in [1.807, 2.05) is 30.3 Å². The number of nitrogens with one attached hydrogen (secondary N) is 1. The normalized spacial score (nSPS) is 11.9. The smallest absolute Gasteiger partial charge is 0.336 e. The van der Waals surface area contributed by atoms with Crippen LogP contribution in [0.25, 0.3) is 33.5 Å². The molecule has 0 fully saturated rings. The molecule has 1 aromatic heterocycles. The van der Waals surface area contributed by atoms with Gasteiger partial charge in [-0.3, -0.25) is 4.79 Å². The molecule has 0 radical (unpaired) electrons. The van der Waals surface area contributed by atoms with E-state index in [9.17, 15) is 19.8 Å². The minimum absolute atomic E-state index is 0.0179. The van der Waals surface area contributed by atoms with E-state index >= 15 is 0 Å². The molecule has 0 unspecified atom stereocenters. The molecule has 196 valence electrons. The Bertz CT molecular complexity index is 1680. The summed E-state index contributed by atoms with van der Waals surface area (Å²) in [6.07, 6.45) is 2.08. The lowest BCUT2D eigenvalue weighted by Gasteiger charge is -2.17. The van der Waals surface area contributed by atoms with Gasteiger partial charge in [0.25, 0.3) is 0 Å². The van der Waals surface area contributed by atoms with Crippen LogP contribution in [0, 0.1) is 0 Å². The van der Waals surface area contributed by atoms with Crippen LogP contribution in [0.3, 0.4) is 0 Å². The summed E-state index contributed by atoms with van der Waals surface area (Å²) in [7, 11) is 0. The van der Waals surface area contributed by atoms with Gasteiger partial charge in [-0.05, 0) is 47.7 Å². The first kappa shape index (κ1) is 26.2. The number of hydrogen-bond acceptors (Lipinski definition) is 4. The number of ketones is 1. The molecule has 5 rings (SSSR count). The fourth-order valence-corrected chi connectivity index (χ4v) is 5.31. The van der Waals surface area contributed by atoms with Gasteiger partial charge in [-0.1, -0.05) is 79.5 Å². The molecule has 39 heavy (non-hydrogen) atoms. The molecule has 0 amide bonds. The average molecular weight is 539 g/mol. The predicted molar refractivity (Wildman–Crippen MR) is 154 cm³/mol. The van der Waals surface area contributed by atoms with Crippen molar-refractivity contribution >= 4 is 34.4 Å². The van der Waals surface area contributed by atoms with Crippen molar-refractivity contribution in [1.82, 2.24) is 9.97 Å². The molecule has 3 N–H and O–H groups in total. The maximum atomic E-state index is 13.4. The number of halogens is 1. The monoisotopic (exact) mass is 538 g/mol. The van der Waals surface area contributed by atoms with Crippen molar-refractivity contribution in [2.24, 2.45) is 0 Å². The summed E-state index contributed by atoms with van der Waals surface area (Å²) in [4.78, 5) is 33.6. The van der Waals surface area contributed by atoms with Gasteiger partial charge in [-0.25, -0.2) is 9.78 Å². The lowest BCUT2D eigenvalue weighted by Crippen LogP contribution is -2.10. The standard InChI is InChI=1S/C32H27ClN2O4/c1-2-7-20(19-8-4-3-5-9-19)17-29(37)21-12-14-23(25(16-21)32(38)39)30-24(10-6-11-26(30)33)31-34-27-15-13-22(36)18-28(27)35-31/h3-6,8-16,18,20,36H,2,7,17H2,1H3,(H,34,35)(H,38,39)/t20-/m0/s1. The van der Waals surface area contributed by atoms with Crippen LogP contribution in [-0.4, -0.2) is 31.9 Å². The molecular weight excluding hydrogens is 512 g/mol. The Labute approximate surface area is 230 Å². The van der Waals surface area contributed by atoms with Crippen LogP contribution in [0.4, 0.5) is 0 Å². The Morgan fingerprint density at radius 2 is 1.74 bits per heavy atom. The van der Waals surface area contributed by atoms with Crippen LogP contribution >= 0.6 is 11.6 Å². The molecule has 0 aliphatic heterocycles. The summed E-state index contributed by atoms with van der Waals surface area (Å²) >= 11 is 6.65. The first-order valence-electron chi connectivity index (χ1n) is 12.8. The number of Topliss-reactive ketones (excluding diaryl/α,β-unsaturated/α-hetero) is 1. The Hall–Kier alpha value is -4.42. The summed E-state index contributed by atoms with van der Waals surface area (Å²) in [5, 5.41) is 20.4. The van der Waals surface area contributed by atoms with Gasteiger partial charge < -0.3 is 15.2 Å². The second kappa shape index (κ2) is 11.1. The Morgan fingerprint density at radius 3 is 2.49 bits per heavy atom. The number of aromatic carboxylic acids is 1. The Balaban J connectivity index is 1.55. The Morgan fingerprint density at radius 1 is 0.949 bits per heavy atom. The van der Waals surface area contributed by atoms with Crippen molar-refractivity contribution in [3.63, 3.8) is 0 Å². The van der Waals surface area contributed by atoms with Crippen LogP contribution in [-0.2, 0) is 0 Å². The minimum atomic E-state index is -1.16. The van der Waals surface area contributed by atoms with Gasteiger partial charge in [0.15, 0.2) is 5.78 Å². The number of fused-ring (bicyclic) bond motifs is 1. The predicted octanol–water partition coefficient (Wildman–Crippen LogP) is 8.11. The molecule has 7 heteroatoms. The van der Waals surface area contributed by atoms with E-state index in [-0.39, 0.29) is 23.0 Å². The summed E-state index contributed by atoms with van der Waals surface area (Å²) in [6.45, 7) is 2.09. The number of carboxylic acids is 1. The van der Waals surface area contributed by atoms with E-state index in [4.69, 9.17) is 11.6 Å². The number of rotatable bonds is 9. The first-order valence-corrected chi connectivity index (χ1v) is 13.2. The molecule has 5 aromatic rings. The highest BCUT2D eigenvalue weighted by Gasteiger charge is 2.23. The van der Waals surface area contributed by atoms with Crippen molar-refractivity contribution in [3.05, 3.63) is 107 Å². The number of imidazole rings is 1. The average Bonchev–Trinajstić information content (AvgIpc) is 3.36. The van der Waals surface area contributed by atoms with Crippen LogP contribution < -0.4 is 0 Å². The number of carboxylic acid groups (broad SMARTS) is 1. The molecule has 0 saturated heterocycles. The highest BCUT2D eigenvalue weighted by Crippen LogP contribution is 2.39. The number of benzene rings is 4. The maximum Gasteiger partial charge on any atom is 0.336 e. The van der Waals surface area contributed by atoms with Crippen molar-refractivity contribution in [3.8, 4) is 28.3 Å². The van der Waals surface area contributed by atoms with Crippen LogP contribution in [0.15, 0.2) is 84.9 Å². The molecule has 6 nitrogen and oxygen atoms in total. The third-order valence-corrected chi connectivity index (χ3v) is 7.23. The van der Waals surface area contributed by atoms with E-state index in [0.717, 1.165) is 18.4 Å². The van der Waals surface area contributed by atoms with E-state index in [1.165, 1.54) is 6.07 Å². The molecule has 0 bridgehead atoms. The van der Waals surface area contributed by atoms with E-state index in [2.05, 4.69) is 16.9 Å².